The molecule has 5 nitrogen and oxygen atoms in total. The number of hydrogen-bond acceptors (Lipinski definition) is 5. The van der Waals surface area contributed by atoms with Crippen LogP contribution in [0.15, 0.2) is 18.2 Å². The standard InChI is InChI=1S/C19H32N2O3/c1-13-6-7-19(23-5)18(8-13)16(4)20-9-17(22)12-21-10-14(2)24-15(3)11-21/h6-8,14-17,20,22H,9-12H2,1-5H3. The molecule has 1 aliphatic rings. The number of aryl methyl sites for hydroxylation is 1. The maximum Gasteiger partial charge on any atom is 0.123 e. The molecule has 2 rings (SSSR count). The van der Waals surface area contributed by atoms with E-state index in [0.717, 1.165) is 24.4 Å². The topological polar surface area (TPSA) is 54.0 Å². The van der Waals surface area contributed by atoms with Crippen molar-refractivity contribution >= 4 is 0 Å². The molecule has 1 aliphatic heterocycles. The molecule has 5 heteroatoms. The van der Waals surface area contributed by atoms with Crippen LogP contribution in [0.4, 0.5) is 0 Å². The Kier molecular flexibility index (Phi) is 7.04. The van der Waals surface area contributed by atoms with Crippen molar-refractivity contribution in [3.05, 3.63) is 29.3 Å². The average Bonchev–Trinajstić information content (AvgIpc) is 2.51. The Labute approximate surface area is 146 Å². The third kappa shape index (κ3) is 5.45. The van der Waals surface area contributed by atoms with E-state index in [1.807, 2.05) is 12.1 Å². The van der Waals surface area contributed by atoms with Crippen LogP contribution in [-0.4, -0.2) is 61.6 Å². The van der Waals surface area contributed by atoms with Crippen LogP contribution >= 0.6 is 0 Å². The Hall–Kier alpha value is -1.14. The molecule has 0 saturated carbocycles. The van der Waals surface area contributed by atoms with Gasteiger partial charge in [-0.1, -0.05) is 17.7 Å². The summed E-state index contributed by atoms with van der Waals surface area (Å²) in [5.74, 6) is 0.880. The van der Waals surface area contributed by atoms with Crippen molar-refractivity contribution in [2.75, 3.05) is 33.3 Å². The number of nitrogens with zero attached hydrogens (tertiary/aromatic N) is 1. The highest BCUT2D eigenvalue weighted by Gasteiger charge is 2.24. The van der Waals surface area contributed by atoms with Crippen molar-refractivity contribution in [2.24, 2.45) is 0 Å². The van der Waals surface area contributed by atoms with Crippen LogP contribution in [-0.2, 0) is 4.74 Å². The van der Waals surface area contributed by atoms with E-state index >= 15 is 0 Å². The predicted octanol–water partition coefficient (Wildman–Crippen LogP) is 2.12. The molecule has 0 aliphatic carbocycles. The number of aliphatic hydroxyl groups excluding tert-OH is 1. The molecular formula is C19H32N2O3. The average molecular weight is 336 g/mol. The van der Waals surface area contributed by atoms with Crippen molar-refractivity contribution in [1.82, 2.24) is 10.2 Å². The molecular weight excluding hydrogens is 304 g/mol. The van der Waals surface area contributed by atoms with Crippen LogP contribution in [0.1, 0.15) is 37.9 Å². The van der Waals surface area contributed by atoms with E-state index in [-0.39, 0.29) is 18.2 Å². The third-order valence-corrected chi connectivity index (χ3v) is 4.48. The molecule has 1 heterocycles. The third-order valence-electron chi connectivity index (χ3n) is 4.48. The van der Waals surface area contributed by atoms with Crippen LogP contribution in [0.3, 0.4) is 0 Å². The maximum atomic E-state index is 10.4. The van der Waals surface area contributed by atoms with Crippen LogP contribution in [0, 0.1) is 6.92 Å². The van der Waals surface area contributed by atoms with E-state index in [1.54, 1.807) is 7.11 Å². The first-order valence-corrected chi connectivity index (χ1v) is 8.82. The molecule has 4 atom stereocenters. The largest absolute Gasteiger partial charge is 0.496 e. The van der Waals surface area contributed by atoms with E-state index in [4.69, 9.17) is 9.47 Å². The van der Waals surface area contributed by atoms with Gasteiger partial charge in [0.15, 0.2) is 0 Å². The van der Waals surface area contributed by atoms with Gasteiger partial charge in [0.2, 0.25) is 0 Å². The first-order valence-electron chi connectivity index (χ1n) is 8.82. The number of β-amino-alcohol motifs (C(OH)–C–C–N with tert-alkyl or cyclic N) is 1. The lowest BCUT2D eigenvalue weighted by atomic mass is 10.0. The van der Waals surface area contributed by atoms with Gasteiger partial charge in [-0.2, -0.15) is 0 Å². The molecule has 136 valence electrons. The van der Waals surface area contributed by atoms with Gasteiger partial charge in [0.05, 0.1) is 25.4 Å². The highest BCUT2D eigenvalue weighted by atomic mass is 16.5. The lowest BCUT2D eigenvalue weighted by molar-refractivity contribution is -0.0763. The Balaban J connectivity index is 1.85. The molecule has 0 bridgehead atoms. The first kappa shape index (κ1) is 19.2. The summed E-state index contributed by atoms with van der Waals surface area (Å²) in [6, 6.07) is 6.30. The van der Waals surface area contributed by atoms with E-state index < -0.39 is 6.10 Å². The quantitative estimate of drug-likeness (QED) is 0.799. The van der Waals surface area contributed by atoms with Crippen molar-refractivity contribution < 1.29 is 14.6 Å². The van der Waals surface area contributed by atoms with Gasteiger partial charge in [-0.15, -0.1) is 0 Å². The Morgan fingerprint density at radius 1 is 1.33 bits per heavy atom. The van der Waals surface area contributed by atoms with Gasteiger partial charge in [0, 0.05) is 37.8 Å². The molecule has 2 N–H and O–H groups in total. The van der Waals surface area contributed by atoms with Gasteiger partial charge in [-0.05, 0) is 33.8 Å². The van der Waals surface area contributed by atoms with Gasteiger partial charge in [0.25, 0.3) is 0 Å². The molecule has 1 aromatic carbocycles. The molecule has 4 unspecified atom stereocenters. The van der Waals surface area contributed by atoms with Gasteiger partial charge in [-0.25, -0.2) is 0 Å². The minimum absolute atomic E-state index is 0.122. The fourth-order valence-corrected chi connectivity index (χ4v) is 3.41. The smallest absolute Gasteiger partial charge is 0.123 e. The first-order chi connectivity index (χ1) is 11.4. The summed E-state index contributed by atoms with van der Waals surface area (Å²) in [4.78, 5) is 2.28. The summed E-state index contributed by atoms with van der Waals surface area (Å²) in [5, 5.41) is 13.8. The van der Waals surface area contributed by atoms with E-state index in [0.29, 0.717) is 13.1 Å². The number of benzene rings is 1. The molecule has 0 aromatic heterocycles. The van der Waals surface area contributed by atoms with Crippen LogP contribution < -0.4 is 10.1 Å². The Bertz CT molecular complexity index is 513. The molecule has 24 heavy (non-hydrogen) atoms. The Morgan fingerprint density at radius 3 is 2.62 bits per heavy atom. The number of nitrogens with one attached hydrogen (secondary N) is 1. The van der Waals surface area contributed by atoms with Crippen LogP contribution in [0.25, 0.3) is 0 Å². The van der Waals surface area contributed by atoms with Crippen LogP contribution in [0.2, 0.25) is 0 Å². The number of methoxy groups -OCH3 is 1. The molecule has 1 fully saturated rings. The number of ether oxygens (including phenoxy) is 2. The van der Waals surface area contributed by atoms with Crippen molar-refractivity contribution in [2.45, 2.75) is 52.0 Å². The predicted molar refractivity (Wildman–Crippen MR) is 96.6 cm³/mol. The van der Waals surface area contributed by atoms with Gasteiger partial charge < -0.3 is 19.9 Å². The second kappa shape index (κ2) is 8.81. The van der Waals surface area contributed by atoms with E-state index in [1.165, 1.54) is 5.56 Å². The second-order valence-corrected chi connectivity index (χ2v) is 7.01. The molecule has 0 amide bonds. The zero-order chi connectivity index (χ0) is 17.7. The molecule has 0 radical (unpaired) electrons. The SMILES string of the molecule is COc1ccc(C)cc1C(C)NCC(O)CN1CC(C)OC(C)C1. The minimum atomic E-state index is -0.402. The van der Waals surface area contributed by atoms with Crippen molar-refractivity contribution in [3.63, 3.8) is 0 Å². The minimum Gasteiger partial charge on any atom is -0.496 e. The van der Waals surface area contributed by atoms with E-state index in [9.17, 15) is 5.11 Å². The summed E-state index contributed by atoms with van der Waals surface area (Å²) in [6.07, 6.45) is 0.0505. The van der Waals surface area contributed by atoms with Crippen LogP contribution in [0.5, 0.6) is 5.75 Å². The second-order valence-electron chi connectivity index (χ2n) is 7.01. The monoisotopic (exact) mass is 336 g/mol. The molecule has 1 aromatic rings. The fourth-order valence-electron chi connectivity index (χ4n) is 3.41. The lowest BCUT2D eigenvalue weighted by Crippen LogP contribution is -2.49. The Morgan fingerprint density at radius 2 is 2.00 bits per heavy atom. The number of hydrogen-bond donors (Lipinski definition) is 2. The van der Waals surface area contributed by atoms with E-state index in [2.05, 4.69) is 44.0 Å². The zero-order valence-corrected chi connectivity index (χ0v) is 15.6. The summed E-state index contributed by atoms with van der Waals surface area (Å²) in [7, 11) is 1.69. The zero-order valence-electron chi connectivity index (χ0n) is 15.6. The molecule has 1 saturated heterocycles. The highest BCUT2D eigenvalue weighted by molar-refractivity contribution is 5.38. The van der Waals surface area contributed by atoms with Gasteiger partial charge >= 0.3 is 0 Å². The number of morpholine rings is 1. The highest BCUT2D eigenvalue weighted by Crippen LogP contribution is 2.26. The lowest BCUT2D eigenvalue weighted by Gasteiger charge is -2.36. The number of aliphatic hydroxyl groups is 1. The molecule has 0 spiro atoms. The fraction of sp³-hybridized carbons (Fsp3) is 0.684. The summed E-state index contributed by atoms with van der Waals surface area (Å²) in [5.41, 5.74) is 2.33. The van der Waals surface area contributed by atoms with Gasteiger partial charge in [0.1, 0.15) is 5.75 Å². The normalized spacial score (nSPS) is 24.6. The summed E-state index contributed by atoms with van der Waals surface area (Å²) in [6.45, 7) is 11.3. The van der Waals surface area contributed by atoms with Gasteiger partial charge in [-0.3, -0.25) is 4.90 Å². The number of rotatable bonds is 7. The van der Waals surface area contributed by atoms with Crippen molar-refractivity contribution in [1.29, 1.82) is 0 Å². The van der Waals surface area contributed by atoms with Crippen molar-refractivity contribution in [3.8, 4) is 5.75 Å². The maximum absolute atomic E-state index is 10.4. The summed E-state index contributed by atoms with van der Waals surface area (Å²) >= 11 is 0. The summed E-state index contributed by atoms with van der Waals surface area (Å²) < 4.78 is 11.2.